The third-order valence-electron chi connectivity index (χ3n) is 5.68. The highest BCUT2D eigenvalue weighted by Crippen LogP contribution is 2.42. The van der Waals surface area contributed by atoms with E-state index >= 15 is 0 Å². The van der Waals surface area contributed by atoms with Crippen LogP contribution in [0.5, 0.6) is 0 Å². The molecule has 2 aliphatic rings. The lowest BCUT2D eigenvalue weighted by molar-refractivity contribution is -0.171. The van der Waals surface area contributed by atoms with Gasteiger partial charge in [-0.15, -0.1) is 0 Å². The third-order valence-corrected chi connectivity index (χ3v) is 5.68. The van der Waals surface area contributed by atoms with Crippen molar-refractivity contribution in [3.8, 4) is 0 Å². The summed E-state index contributed by atoms with van der Waals surface area (Å²) in [4.78, 5) is 42.1. The SMILES string of the molecule is COC(=O)c1ccc(C2c3[nH]c4ccccc4c3CC3C(=O)OCC(=O)N32)cc1. The van der Waals surface area contributed by atoms with Gasteiger partial charge >= 0.3 is 11.9 Å². The predicted molar refractivity (Wildman–Crippen MR) is 103 cm³/mol. The molecule has 1 saturated heterocycles. The highest BCUT2D eigenvalue weighted by Gasteiger charge is 2.46. The number of esters is 2. The highest BCUT2D eigenvalue weighted by atomic mass is 16.5. The Morgan fingerprint density at radius 2 is 1.90 bits per heavy atom. The Morgan fingerprint density at radius 1 is 1.14 bits per heavy atom. The van der Waals surface area contributed by atoms with Crippen LogP contribution in [-0.2, 0) is 25.5 Å². The van der Waals surface area contributed by atoms with Gasteiger partial charge in [0.25, 0.3) is 5.91 Å². The molecular weight excluding hydrogens is 372 g/mol. The van der Waals surface area contributed by atoms with Crippen LogP contribution < -0.4 is 0 Å². The van der Waals surface area contributed by atoms with Crippen molar-refractivity contribution in [2.45, 2.75) is 18.5 Å². The maximum atomic E-state index is 12.8. The molecule has 7 nitrogen and oxygen atoms in total. The summed E-state index contributed by atoms with van der Waals surface area (Å²) in [6.07, 6.45) is 0.403. The van der Waals surface area contributed by atoms with Gasteiger partial charge < -0.3 is 19.4 Å². The lowest BCUT2D eigenvalue weighted by atomic mass is 9.87. The number of fused-ring (bicyclic) bond motifs is 4. The van der Waals surface area contributed by atoms with Gasteiger partial charge in [-0.1, -0.05) is 30.3 Å². The van der Waals surface area contributed by atoms with Crippen LogP contribution in [0, 0.1) is 0 Å². The van der Waals surface area contributed by atoms with Crippen LogP contribution in [0.3, 0.4) is 0 Å². The number of carbonyl (C=O) groups is 3. The average molecular weight is 390 g/mol. The first-order valence-electron chi connectivity index (χ1n) is 9.34. The number of hydrogen-bond acceptors (Lipinski definition) is 5. The largest absolute Gasteiger partial charge is 0.465 e. The fraction of sp³-hybridized carbons (Fsp3) is 0.227. The number of carbonyl (C=O) groups excluding carboxylic acids is 3. The number of para-hydroxylation sites is 1. The summed E-state index contributed by atoms with van der Waals surface area (Å²) in [5.41, 5.74) is 4.07. The summed E-state index contributed by atoms with van der Waals surface area (Å²) in [7, 11) is 1.33. The number of cyclic esters (lactones) is 1. The predicted octanol–water partition coefficient (Wildman–Crippen LogP) is 2.35. The van der Waals surface area contributed by atoms with Gasteiger partial charge in [-0.25, -0.2) is 9.59 Å². The molecule has 0 bridgehead atoms. The summed E-state index contributed by atoms with van der Waals surface area (Å²) in [5.74, 6) is -1.06. The summed E-state index contributed by atoms with van der Waals surface area (Å²) in [6.45, 7) is -0.262. The first-order valence-corrected chi connectivity index (χ1v) is 9.34. The number of aromatic nitrogens is 1. The van der Waals surface area contributed by atoms with Gasteiger partial charge in [0.2, 0.25) is 0 Å². The zero-order chi connectivity index (χ0) is 20.1. The Balaban J connectivity index is 1.69. The Morgan fingerprint density at radius 3 is 2.66 bits per heavy atom. The quantitative estimate of drug-likeness (QED) is 0.679. The second-order valence-corrected chi connectivity index (χ2v) is 7.21. The molecule has 1 fully saturated rings. The maximum Gasteiger partial charge on any atom is 0.337 e. The lowest BCUT2D eigenvalue weighted by Gasteiger charge is -2.43. The Labute approximate surface area is 166 Å². The second-order valence-electron chi connectivity index (χ2n) is 7.21. The van der Waals surface area contributed by atoms with Crippen molar-refractivity contribution in [1.29, 1.82) is 0 Å². The molecule has 0 aliphatic carbocycles. The van der Waals surface area contributed by atoms with Gasteiger partial charge in [0.15, 0.2) is 6.61 Å². The van der Waals surface area contributed by atoms with E-state index in [1.165, 1.54) is 7.11 Å². The molecule has 2 unspecified atom stereocenters. The smallest absolute Gasteiger partial charge is 0.337 e. The van der Waals surface area contributed by atoms with Crippen LogP contribution in [0.1, 0.15) is 33.2 Å². The first kappa shape index (κ1) is 17.5. The number of ether oxygens (including phenoxy) is 2. The van der Waals surface area contributed by atoms with Crippen molar-refractivity contribution in [3.05, 3.63) is 70.9 Å². The van der Waals surface area contributed by atoms with Crippen LogP contribution >= 0.6 is 0 Å². The van der Waals surface area contributed by atoms with Crippen LogP contribution in [0.4, 0.5) is 0 Å². The third kappa shape index (κ3) is 2.61. The van der Waals surface area contributed by atoms with Gasteiger partial charge in [-0.3, -0.25) is 4.79 Å². The zero-order valence-corrected chi connectivity index (χ0v) is 15.7. The number of nitrogens with one attached hydrogen (secondary N) is 1. The average Bonchev–Trinajstić information content (AvgIpc) is 3.13. The van der Waals surface area contributed by atoms with Gasteiger partial charge in [0.05, 0.1) is 18.7 Å². The van der Waals surface area contributed by atoms with E-state index in [1.807, 2.05) is 24.3 Å². The minimum atomic E-state index is -0.673. The van der Waals surface area contributed by atoms with Gasteiger partial charge in [0.1, 0.15) is 6.04 Å². The molecule has 3 heterocycles. The van der Waals surface area contributed by atoms with Crippen molar-refractivity contribution in [1.82, 2.24) is 9.88 Å². The number of aromatic amines is 1. The van der Waals surface area contributed by atoms with Crippen molar-refractivity contribution in [3.63, 3.8) is 0 Å². The minimum Gasteiger partial charge on any atom is -0.465 e. The van der Waals surface area contributed by atoms with Crippen molar-refractivity contribution in [2.75, 3.05) is 13.7 Å². The van der Waals surface area contributed by atoms with E-state index < -0.39 is 24.0 Å². The van der Waals surface area contributed by atoms with E-state index in [2.05, 4.69) is 4.98 Å². The number of methoxy groups -OCH3 is 1. The summed E-state index contributed by atoms with van der Waals surface area (Å²) < 4.78 is 9.87. The van der Waals surface area contributed by atoms with Gasteiger partial charge in [0, 0.05) is 23.0 Å². The molecule has 2 atom stereocenters. The number of amides is 1. The molecule has 3 aromatic rings. The zero-order valence-electron chi connectivity index (χ0n) is 15.7. The van der Waals surface area contributed by atoms with E-state index in [4.69, 9.17) is 9.47 Å². The molecule has 146 valence electrons. The van der Waals surface area contributed by atoms with Crippen LogP contribution in [0.25, 0.3) is 10.9 Å². The molecule has 1 aromatic heterocycles. The Hall–Kier alpha value is -3.61. The van der Waals surface area contributed by atoms with Gasteiger partial charge in [-0.05, 0) is 29.3 Å². The molecule has 29 heavy (non-hydrogen) atoms. The fourth-order valence-corrected chi connectivity index (χ4v) is 4.35. The number of hydrogen-bond donors (Lipinski definition) is 1. The van der Waals surface area contributed by atoms with Crippen LogP contribution in [0.2, 0.25) is 0 Å². The summed E-state index contributed by atoms with van der Waals surface area (Å²) in [6, 6.07) is 13.7. The first-order chi connectivity index (χ1) is 14.1. The number of rotatable bonds is 2. The fourth-order valence-electron chi connectivity index (χ4n) is 4.35. The van der Waals surface area contributed by atoms with Crippen LogP contribution in [-0.4, -0.2) is 47.5 Å². The summed E-state index contributed by atoms with van der Waals surface area (Å²) >= 11 is 0. The van der Waals surface area contributed by atoms with Crippen molar-refractivity contribution < 1.29 is 23.9 Å². The lowest BCUT2D eigenvalue weighted by Crippen LogP contribution is -2.57. The monoisotopic (exact) mass is 390 g/mol. The summed E-state index contributed by atoms with van der Waals surface area (Å²) in [5, 5.41) is 1.03. The van der Waals surface area contributed by atoms with Crippen molar-refractivity contribution in [2.24, 2.45) is 0 Å². The molecule has 0 spiro atoms. The normalized spacial score (nSPS) is 20.8. The number of nitrogens with zero attached hydrogens (tertiary/aromatic N) is 1. The highest BCUT2D eigenvalue weighted by molar-refractivity contribution is 5.94. The van der Waals surface area contributed by atoms with E-state index in [9.17, 15) is 14.4 Å². The van der Waals surface area contributed by atoms with E-state index in [0.717, 1.165) is 27.7 Å². The molecule has 7 heteroatoms. The standard InChI is InChI=1S/C22H18N2O5/c1-28-21(26)13-8-6-12(7-9-13)20-19-15(14-4-2-3-5-16(14)23-19)10-17-22(27)29-11-18(25)24(17)20/h2-9,17,20,23H,10-11H2,1H3. The molecule has 5 rings (SSSR count). The number of morpholine rings is 1. The Bertz CT molecular complexity index is 1150. The molecule has 2 aliphatic heterocycles. The molecule has 1 N–H and O–H groups in total. The number of benzene rings is 2. The van der Waals surface area contributed by atoms with Crippen molar-refractivity contribution >= 4 is 28.7 Å². The second kappa shape index (κ2) is 6.48. The molecule has 0 radical (unpaired) electrons. The molecule has 2 aromatic carbocycles. The Kier molecular flexibility index (Phi) is 3.91. The maximum absolute atomic E-state index is 12.8. The molecule has 1 amide bonds. The molecule has 0 saturated carbocycles. The minimum absolute atomic E-state index is 0.235. The van der Waals surface area contributed by atoms with Gasteiger partial charge in [-0.2, -0.15) is 0 Å². The van der Waals surface area contributed by atoms with E-state index in [-0.39, 0.29) is 12.5 Å². The topological polar surface area (TPSA) is 88.7 Å². The van der Waals surface area contributed by atoms with E-state index in [1.54, 1.807) is 29.2 Å². The van der Waals surface area contributed by atoms with Crippen LogP contribution in [0.15, 0.2) is 48.5 Å². The number of H-pyrrole nitrogens is 1. The van der Waals surface area contributed by atoms with E-state index in [0.29, 0.717) is 12.0 Å². The molecular formula is C22H18N2O5.